The van der Waals surface area contributed by atoms with E-state index in [0.29, 0.717) is 24.3 Å². The summed E-state index contributed by atoms with van der Waals surface area (Å²) in [4.78, 5) is 23.2. The van der Waals surface area contributed by atoms with E-state index >= 15 is 0 Å². The minimum Gasteiger partial charge on any atom is -0.391 e. The quantitative estimate of drug-likeness (QED) is 0.759. The first-order valence-electron chi connectivity index (χ1n) is 6.84. The summed E-state index contributed by atoms with van der Waals surface area (Å²) in [5, 5.41) is 15.2. The van der Waals surface area contributed by atoms with Crippen LogP contribution in [-0.2, 0) is 11.2 Å². The van der Waals surface area contributed by atoms with Gasteiger partial charge in [-0.1, -0.05) is 13.8 Å². The van der Waals surface area contributed by atoms with Gasteiger partial charge in [-0.2, -0.15) is 0 Å². The van der Waals surface area contributed by atoms with Crippen molar-refractivity contribution in [3.8, 4) is 0 Å². The van der Waals surface area contributed by atoms with Gasteiger partial charge >= 0.3 is 0 Å². The second-order valence-electron chi connectivity index (χ2n) is 5.59. The number of carbonyl (C=O) groups excluding carboxylic acids is 2. The molecule has 1 aliphatic heterocycles. The zero-order valence-electron chi connectivity index (χ0n) is 11.8. The molecule has 1 aliphatic rings. The van der Waals surface area contributed by atoms with Gasteiger partial charge in [0, 0.05) is 17.8 Å². The van der Waals surface area contributed by atoms with E-state index in [1.807, 2.05) is 13.8 Å². The molecule has 1 aromatic rings. The number of carbonyl (C=O) groups is 2. The number of aliphatic hydroxyl groups is 1. The van der Waals surface area contributed by atoms with E-state index < -0.39 is 6.10 Å². The molecule has 0 fully saturated rings. The maximum Gasteiger partial charge on any atom is 0.251 e. The van der Waals surface area contributed by atoms with E-state index in [2.05, 4.69) is 10.6 Å². The molecule has 2 rings (SSSR count). The molecule has 3 N–H and O–H groups in total. The molecule has 0 saturated heterocycles. The van der Waals surface area contributed by atoms with Gasteiger partial charge in [0.05, 0.1) is 12.5 Å². The van der Waals surface area contributed by atoms with Crippen LogP contribution in [0.3, 0.4) is 0 Å². The molecule has 0 aliphatic carbocycles. The molecule has 20 heavy (non-hydrogen) atoms. The number of anilines is 1. The fourth-order valence-corrected chi connectivity index (χ4v) is 2.31. The van der Waals surface area contributed by atoms with Crippen molar-refractivity contribution in [1.82, 2.24) is 5.32 Å². The Kier molecular flexibility index (Phi) is 4.39. The van der Waals surface area contributed by atoms with Crippen molar-refractivity contribution in [3.63, 3.8) is 0 Å². The van der Waals surface area contributed by atoms with Crippen LogP contribution in [0.15, 0.2) is 18.2 Å². The van der Waals surface area contributed by atoms with E-state index in [4.69, 9.17) is 0 Å². The smallest absolute Gasteiger partial charge is 0.251 e. The Balaban J connectivity index is 1.93. The average Bonchev–Trinajstić information content (AvgIpc) is 2.74. The van der Waals surface area contributed by atoms with Crippen molar-refractivity contribution in [2.45, 2.75) is 32.8 Å². The molecule has 0 aromatic heterocycles. The summed E-state index contributed by atoms with van der Waals surface area (Å²) in [6.45, 7) is 4.29. The van der Waals surface area contributed by atoms with Crippen molar-refractivity contribution in [1.29, 1.82) is 0 Å². The second kappa shape index (κ2) is 6.05. The standard InChI is InChI=1S/C15H20N2O3/c1-9(2)5-12(18)8-16-15(20)10-3-4-13-11(6-10)7-14(19)17-13/h3-4,6,9,12,18H,5,7-8H2,1-2H3,(H,16,20)(H,17,19). The molecule has 0 saturated carbocycles. The van der Waals surface area contributed by atoms with E-state index in [9.17, 15) is 14.7 Å². The van der Waals surface area contributed by atoms with Crippen LogP contribution in [0, 0.1) is 5.92 Å². The predicted octanol–water partition coefficient (Wildman–Crippen LogP) is 1.32. The van der Waals surface area contributed by atoms with Gasteiger partial charge < -0.3 is 15.7 Å². The Labute approximate surface area is 118 Å². The van der Waals surface area contributed by atoms with E-state index in [0.717, 1.165) is 11.3 Å². The van der Waals surface area contributed by atoms with Crippen LogP contribution in [-0.4, -0.2) is 29.6 Å². The fraction of sp³-hybridized carbons (Fsp3) is 0.467. The Morgan fingerprint density at radius 3 is 2.90 bits per heavy atom. The summed E-state index contributed by atoms with van der Waals surface area (Å²) < 4.78 is 0. The van der Waals surface area contributed by atoms with E-state index in [-0.39, 0.29) is 18.4 Å². The molecule has 108 valence electrons. The summed E-state index contributed by atoms with van der Waals surface area (Å²) in [6, 6.07) is 5.13. The molecular weight excluding hydrogens is 256 g/mol. The topological polar surface area (TPSA) is 78.4 Å². The number of rotatable bonds is 5. The highest BCUT2D eigenvalue weighted by Gasteiger charge is 2.19. The summed E-state index contributed by atoms with van der Waals surface area (Å²) in [7, 11) is 0. The highest BCUT2D eigenvalue weighted by molar-refractivity contribution is 6.01. The molecule has 0 bridgehead atoms. The lowest BCUT2D eigenvalue weighted by Gasteiger charge is -2.14. The minimum absolute atomic E-state index is 0.0510. The van der Waals surface area contributed by atoms with Gasteiger partial charge in [0.15, 0.2) is 0 Å². The van der Waals surface area contributed by atoms with Gasteiger partial charge in [-0.25, -0.2) is 0 Å². The predicted molar refractivity (Wildman–Crippen MR) is 76.6 cm³/mol. The van der Waals surface area contributed by atoms with Crippen molar-refractivity contribution in [3.05, 3.63) is 29.3 Å². The SMILES string of the molecule is CC(C)CC(O)CNC(=O)c1ccc2c(c1)CC(=O)N2. The van der Waals surface area contributed by atoms with Crippen LogP contribution in [0.1, 0.15) is 36.2 Å². The maximum atomic E-state index is 12.0. The number of benzene rings is 1. The zero-order valence-corrected chi connectivity index (χ0v) is 11.8. The van der Waals surface area contributed by atoms with Crippen LogP contribution in [0.2, 0.25) is 0 Å². The Morgan fingerprint density at radius 2 is 2.20 bits per heavy atom. The van der Waals surface area contributed by atoms with Gasteiger partial charge in [0.1, 0.15) is 0 Å². The Hall–Kier alpha value is -1.88. The normalized spacial score (nSPS) is 14.9. The number of hydrogen-bond donors (Lipinski definition) is 3. The molecule has 1 atom stereocenters. The first-order chi connectivity index (χ1) is 9.45. The van der Waals surface area contributed by atoms with Gasteiger partial charge in [-0.3, -0.25) is 9.59 Å². The Bertz CT molecular complexity index is 526. The molecule has 5 heteroatoms. The first-order valence-corrected chi connectivity index (χ1v) is 6.84. The van der Waals surface area contributed by atoms with Crippen LogP contribution >= 0.6 is 0 Å². The zero-order chi connectivity index (χ0) is 14.7. The summed E-state index contributed by atoms with van der Waals surface area (Å²) in [5.41, 5.74) is 2.12. The third-order valence-electron chi connectivity index (χ3n) is 3.23. The third kappa shape index (κ3) is 3.57. The van der Waals surface area contributed by atoms with Gasteiger partial charge in [0.25, 0.3) is 5.91 Å². The number of nitrogens with one attached hydrogen (secondary N) is 2. The largest absolute Gasteiger partial charge is 0.391 e. The molecule has 1 heterocycles. The lowest BCUT2D eigenvalue weighted by atomic mass is 10.1. The highest BCUT2D eigenvalue weighted by Crippen LogP contribution is 2.23. The maximum absolute atomic E-state index is 12.0. The average molecular weight is 276 g/mol. The summed E-state index contributed by atoms with van der Waals surface area (Å²) in [5.74, 6) is 0.110. The number of aliphatic hydroxyl groups excluding tert-OH is 1. The van der Waals surface area contributed by atoms with Crippen molar-refractivity contribution in [2.24, 2.45) is 5.92 Å². The van der Waals surface area contributed by atoms with E-state index in [1.165, 1.54) is 0 Å². The monoisotopic (exact) mass is 276 g/mol. The fourth-order valence-electron chi connectivity index (χ4n) is 2.31. The van der Waals surface area contributed by atoms with Crippen LogP contribution in [0.25, 0.3) is 0 Å². The lowest BCUT2D eigenvalue weighted by molar-refractivity contribution is -0.115. The first kappa shape index (κ1) is 14.5. The molecule has 5 nitrogen and oxygen atoms in total. The molecular formula is C15H20N2O3. The molecule has 1 aromatic carbocycles. The van der Waals surface area contributed by atoms with Crippen LogP contribution in [0.5, 0.6) is 0 Å². The molecule has 0 spiro atoms. The van der Waals surface area contributed by atoms with Crippen molar-refractivity contribution in [2.75, 3.05) is 11.9 Å². The van der Waals surface area contributed by atoms with Gasteiger partial charge in [-0.05, 0) is 36.1 Å². The van der Waals surface area contributed by atoms with E-state index in [1.54, 1.807) is 18.2 Å². The second-order valence-corrected chi connectivity index (χ2v) is 5.59. The molecule has 0 radical (unpaired) electrons. The summed E-state index contributed by atoms with van der Waals surface area (Å²) in [6.07, 6.45) is 0.437. The molecule has 2 amide bonds. The number of amides is 2. The third-order valence-corrected chi connectivity index (χ3v) is 3.23. The lowest BCUT2D eigenvalue weighted by Crippen LogP contribution is -2.32. The minimum atomic E-state index is -0.531. The molecule has 1 unspecified atom stereocenters. The van der Waals surface area contributed by atoms with Gasteiger partial charge in [0.2, 0.25) is 5.91 Å². The van der Waals surface area contributed by atoms with Crippen LogP contribution in [0.4, 0.5) is 5.69 Å². The summed E-state index contributed by atoms with van der Waals surface area (Å²) >= 11 is 0. The number of fused-ring (bicyclic) bond motifs is 1. The van der Waals surface area contributed by atoms with Crippen molar-refractivity contribution < 1.29 is 14.7 Å². The van der Waals surface area contributed by atoms with Gasteiger partial charge in [-0.15, -0.1) is 0 Å². The number of hydrogen-bond acceptors (Lipinski definition) is 3. The highest BCUT2D eigenvalue weighted by atomic mass is 16.3. The van der Waals surface area contributed by atoms with Crippen molar-refractivity contribution >= 4 is 17.5 Å². The Morgan fingerprint density at radius 1 is 1.45 bits per heavy atom. The van der Waals surface area contributed by atoms with Crippen LogP contribution < -0.4 is 10.6 Å².